The van der Waals surface area contributed by atoms with E-state index in [4.69, 9.17) is 4.74 Å². The quantitative estimate of drug-likeness (QED) is 0.692. The number of nitrogens with zero attached hydrogens (tertiary/aromatic N) is 1. The third-order valence-corrected chi connectivity index (χ3v) is 2.97. The minimum atomic E-state index is -0.444. The van der Waals surface area contributed by atoms with Crippen molar-refractivity contribution in [1.82, 2.24) is 4.90 Å². The van der Waals surface area contributed by atoms with Crippen LogP contribution in [0.4, 0.5) is 0 Å². The number of esters is 1. The number of benzene rings is 1. The van der Waals surface area contributed by atoms with Crippen LogP contribution in [0.25, 0.3) is 0 Å². The van der Waals surface area contributed by atoms with Gasteiger partial charge in [0.25, 0.3) is 0 Å². The van der Waals surface area contributed by atoms with Crippen LogP contribution in [0.3, 0.4) is 0 Å². The average Bonchev–Trinajstić information content (AvgIpc) is 2.36. The molecule has 0 fully saturated rings. The van der Waals surface area contributed by atoms with E-state index in [-0.39, 0.29) is 11.8 Å². The van der Waals surface area contributed by atoms with Gasteiger partial charge in [0.15, 0.2) is 0 Å². The van der Waals surface area contributed by atoms with Crippen LogP contribution in [0.1, 0.15) is 46.1 Å². The van der Waals surface area contributed by atoms with Crippen LogP contribution in [0.5, 0.6) is 0 Å². The van der Waals surface area contributed by atoms with Crippen molar-refractivity contribution in [2.75, 3.05) is 13.1 Å². The third-order valence-electron chi connectivity index (χ3n) is 2.97. The van der Waals surface area contributed by atoms with Crippen molar-refractivity contribution < 1.29 is 14.3 Å². The van der Waals surface area contributed by atoms with Gasteiger partial charge >= 0.3 is 5.97 Å². The van der Waals surface area contributed by atoms with Crippen molar-refractivity contribution in [1.29, 1.82) is 0 Å². The van der Waals surface area contributed by atoms with E-state index in [0.29, 0.717) is 25.9 Å². The summed E-state index contributed by atoms with van der Waals surface area (Å²) in [5, 5.41) is 0. The van der Waals surface area contributed by atoms with Crippen LogP contribution in [-0.4, -0.2) is 35.3 Å². The Bertz CT molecular complexity index is 477. The molecule has 0 aliphatic carbocycles. The van der Waals surface area contributed by atoms with E-state index in [1.165, 1.54) is 5.56 Å². The second-order valence-electron chi connectivity index (χ2n) is 6.59. The van der Waals surface area contributed by atoms with E-state index in [0.717, 1.165) is 6.54 Å². The Labute approximate surface area is 133 Å². The fraction of sp³-hybridized carbons (Fsp3) is 0.556. The number of Topliss-reactive ketones (excluding diaryl/α,β-unsaturated/α-hetero) is 1. The summed E-state index contributed by atoms with van der Waals surface area (Å²) in [6, 6.07) is 10.0. The Kier molecular flexibility index (Phi) is 7.25. The van der Waals surface area contributed by atoms with E-state index in [1.54, 1.807) is 6.92 Å². The first-order chi connectivity index (χ1) is 10.3. The van der Waals surface area contributed by atoms with Crippen LogP contribution >= 0.6 is 0 Å². The van der Waals surface area contributed by atoms with E-state index in [1.807, 2.05) is 51.1 Å². The van der Waals surface area contributed by atoms with Gasteiger partial charge in [0.2, 0.25) is 0 Å². The number of ether oxygens (including phenoxy) is 1. The molecular formula is C18H27NO3. The summed E-state index contributed by atoms with van der Waals surface area (Å²) in [7, 11) is 0. The molecule has 0 aromatic heterocycles. The normalized spacial score (nSPS) is 11.5. The van der Waals surface area contributed by atoms with Gasteiger partial charge in [-0.1, -0.05) is 30.3 Å². The molecule has 0 saturated heterocycles. The molecule has 1 aromatic carbocycles. The smallest absolute Gasteiger partial charge is 0.306 e. The highest BCUT2D eigenvalue weighted by Gasteiger charge is 2.16. The molecule has 122 valence electrons. The molecule has 0 saturated carbocycles. The maximum atomic E-state index is 11.7. The van der Waals surface area contributed by atoms with Crippen LogP contribution in [-0.2, 0) is 20.9 Å². The summed E-state index contributed by atoms with van der Waals surface area (Å²) >= 11 is 0. The fourth-order valence-electron chi connectivity index (χ4n) is 2.21. The molecule has 0 radical (unpaired) electrons. The SMILES string of the molecule is CC(=O)CN(CCCC(=O)OC(C)(C)C)Cc1ccccc1. The highest BCUT2D eigenvalue weighted by molar-refractivity contribution is 5.77. The summed E-state index contributed by atoms with van der Waals surface area (Å²) in [5.74, 6) is -0.0526. The van der Waals surface area contributed by atoms with Gasteiger partial charge in [-0.15, -0.1) is 0 Å². The van der Waals surface area contributed by atoms with Crippen molar-refractivity contribution in [2.24, 2.45) is 0 Å². The second-order valence-corrected chi connectivity index (χ2v) is 6.59. The standard InChI is InChI=1S/C18H27NO3/c1-15(20)13-19(14-16-9-6-5-7-10-16)12-8-11-17(21)22-18(2,3)4/h5-7,9-10H,8,11-14H2,1-4H3. The van der Waals surface area contributed by atoms with Gasteiger partial charge in [0, 0.05) is 13.0 Å². The molecule has 0 atom stereocenters. The number of hydrogen-bond acceptors (Lipinski definition) is 4. The van der Waals surface area contributed by atoms with Crippen LogP contribution in [0, 0.1) is 0 Å². The van der Waals surface area contributed by atoms with Gasteiger partial charge in [-0.2, -0.15) is 0 Å². The number of hydrogen-bond donors (Lipinski definition) is 0. The summed E-state index contributed by atoms with van der Waals surface area (Å²) in [5.41, 5.74) is 0.723. The molecule has 4 nitrogen and oxygen atoms in total. The lowest BCUT2D eigenvalue weighted by atomic mass is 10.2. The first-order valence-electron chi connectivity index (χ1n) is 7.74. The zero-order valence-corrected chi connectivity index (χ0v) is 14.1. The Hall–Kier alpha value is -1.68. The van der Waals surface area contributed by atoms with Crippen LogP contribution < -0.4 is 0 Å². The highest BCUT2D eigenvalue weighted by Crippen LogP contribution is 2.10. The van der Waals surface area contributed by atoms with Gasteiger partial charge in [0.05, 0.1) is 6.54 Å². The molecule has 0 amide bonds. The first-order valence-corrected chi connectivity index (χ1v) is 7.74. The largest absolute Gasteiger partial charge is 0.460 e. The Morgan fingerprint density at radius 1 is 1.14 bits per heavy atom. The molecule has 0 N–H and O–H groups in total. The molecule has 0 aliphatic heterocycles. The molecule has 0 heterocycles. The lowest BCUT2D eigenvalue weighted by Crippen LogP contribution is -2.30. The monoisotopic (exact) mass is 305 g/mol. The molecule has 0 bridgehead atoms. The van der Waals surface area contributed by atoms with Crippen molar-refractivity contribution in [3.63, 3.8) is 0 Å². The van der Waals surface area contributed by atoms with Crippen molar-refractivity contribution in [2.45, 2.75) is 52.7 Å². The molecule has 4 heteroatoms. The number of rotatable bonds is 8. The molecule has 1 aromatic rings. The van der Waals surface area contributed by atoms with Gasteiger partial charge < -0.3 is 4.74 Å². The number of carbonyl (C=O) groups excluding carboxylic acids is 2. The average molecular weight is 305 g/mol. The molecule has 0 spiro atoms. The fourth-order valence-corrected chi connectivity index (χ4v) is 2.21. The Balaban J connectivity index is 2.45. The Morgan fingerprint density at radius 2 is 1.77 bits per heavy atom. The van der Waals surface area contributed by atoms with Crippen molar-refractivity contribution in [3.8, 4) is 0 Å². The van der Waals surface area contributed by atoms with Gasteiger partial charge in [-0.3, -0.25) is 14.5 Å². The third kappa shape index (κ3) is 8.57. The summed E-state index contributed by atoms with van der Waals surface area (Å²) in [6.45, 7) is 9.00. The summed E-state index contributed by atoms with van der Waals surface area (Å²) < 4.78 is 5.29. The number of carbonyl (C=O) groups is 2. The molecule has 0 aliphatic rings. The van der Waals surface area contributed by atoms with E-state index in [2.05, 4.69) is 4.90 Å². The molecule has 1 rings (SSSR count). The lowest BCUT2D eigenvalue weighted by molar-refractivity contribution is -0.154. The zero-order chi connectivity index (χ0) is 16.6. The maximum absolute atomic E-state index is 11.7. The zero-order valence-electron chi connectivity index (χ0n) is 14.1. The van der Waals surface area contributed by atoms with Gasteiger partial charge in [-0.05, 0) is 46.2 Å². The lowest BCUT2D eigenvalue weighted by Gasteiger charge is -2.22. The van der Waals surface area contributed by atoms with Crippen LogP contribution in [0.2, 0.25) is 0 Å². The predicted octanol–water partition coefficient (Wildman–Crippen LogP) is 3.20. The molecular weight excluding hydrogens is 278 g/mol. The minimum absolute atomic E-state index is 0.133. The molecule has 0 unspecified atom stereocenters. The van der Waals surface area contributed by atoms with Gasteiger partial charge in [-0.25, -0.2) is 0 Å². The van der Waals surface area contributed by atoms with E-state index < -0.39 is 5.60 Å². The Morgan fingerprint density at radius 3 is 2.32 bits per heavy atom. The maximum Gasteiger partial charge on any atom is 0.306 e. The van der Waals surface area contributed by atoms with Crippen molar-refractivity contribution >= 4 is 11.8 Å². The predicted molar refractivity (Wildman–Crippen MR) is 87.5 cm³/mol. The molecule has 22 heavy (non-hydrogen) atoms. The summed E-state index contributed by atoms with van der Waals surface area (Å²) in [4.78, 5) is 25.2. The highest BCUT2D eigenvalue weighted by atomic mass is 16.6. The minimum Gasteiger partial charge on any atom is -0.460 e. The summed E-state index contributed by atoms with van der Waals surface area (Å²) in [6.07, 6.45) is 1.06. The number of ketones is 1. The van der Waals surface area contributed by atoms with E-state index >= 15 is 0 Å². The van der Waals surface area contributed by atoms with Crippen LogP contribution in [0.15, 0.2) is 30.3 Å². The second kappa shape index (κ2) is 8.69. The topological polar surface area (TPSA) is 46.6 Å². The van der Waals surface area contributed by atoms with Crippen molar-refractivity contribution in [3.05, 3.63) is 35.9 Å². The van der Waals surface area contributed by atoms with E-state index in [9.17, 15) is 9.59 Å². The first kappa shape index (κ1) is 18.4. The van der Waals surface area contributed by atoms with Gasteiger partial charge in [0.1, 0.15) is 11.4 Å².